The number of ether oxygens (including phenoxy) is 1. The quantitative estimate of drug-likeness (QED) is 0.103. The molecule has 47 heavy (non-hydrogen) atoms. The Labute approximate surface area is 285 Å². The van der Waals surface area contributed by atoms with Crippen LogP contribution in [0.3, 0.4) is 0 Å². The molecule has 2 unspecified atom stereocenters. The second kappa shape index (κ2) is 14.2. The van der Waals surface area contributed by atoms with E-state index in [2.05, 4.69) is 71.3 Å². The molecule has 0 saturated carbocycles. The van der Waals surface area contributed by atoms with Crippen molar-refractivity contribution in [2.24, 2.45) is 0 Å². The fourth-order valence-corrected chi connectivity index (χ4v) is 7.10. The first-order valence-electron chi connectivity index (χ1n) is 16.0. The van der Waals surface area contributed by atoms with Crippen molar-refractivity contribution in [3.63, 3.8) is 0 Å². The molecule has 0 bridgehead atoms. The van der Waals surface area contributed by atoms with E-state index in [1.54, 1.807) is 7.11 Å². The van der Waals surface area contributed by atoms with Gasteiger partial charge in [0.15, 0.2) is 5.78 Å². The third-order valence-corrected chi connectivity index (χ3v) is 9.43. The van der Waals surface area contributed by atoms with Crippen LogP contribution in [0.25, 0.3) is 21.7 Å². The largest absolute Gasteiger partial charge is 0.481 e. The first kappa shape index (κ1) is 32.6. The van der Waals surface area contributed by atoms with E-state index in [0.717, 1.165) is 56.7 Å². The standard InChI is InChI=1S/C41H39BrN2O3/c1-44(2)24-10-9-23-41(46,36-20-12-16-28-13-7-8-19-34(28)36)38(29-14-5-4-6-15-29)35-27-32-25-31(21-22-37(32)43-40(35)47-3)39(45)30-17-11-18-33(42)26-30/h4-8,11-22,25-27,38,46H,9-10,23-24H2,1-3H3. The second-order valence-electron chi connectivity index (χ2n) is 12.4. The molecule has 1 heterocycles. The van der Waals surface area contributed by atoms with Gasteiger partial charge in [0.05, 0.1) is 12.6 Å². The zero-order valence-corrected chi connectivity index (χ0v) is 28.6. The monoisotopic (exact) mass is 686 g/mol. The first-order valence-corrected chi connectivity index (χ1v) is 16.8. The van der Waals surface area contributed by atoms with E-state index in [0.29, 0.717) is 28.9 Å². The van der Waals surface area contributed by atoms with Gasteiger partial charge in [-0.3, -0.25) is 4.79 Å². The number of aromatic nitrogens is 1. The molecule has 5 aromatic carbocycles. The molecule has 6 aromatic rings. The summed E-state index contributed by atoms with van der Waals surface area (Å²) < 4.78 is 6.84. The lowest BCUT2D eigenvalue weighted by molar-refractivity contribution is 0.00821. The Bertz CT molecular complexity index is 2020. The molecule has 0 radical (unpaired) electrons. The van der Waals surface area contributed by atoms with Gasteiger partial charge in [0, 0.05) is 32.5 Å². The van der Waals surface area contributed by atoms with E-state index in [1.807, 2.05) is 84.9 Å². The number of benzene rings is 5. The number of pyridine rings is 1. The summed E-state index contributed by atoms with van der Waals surface area (Å²) in [6.45, 7) is 0.928. The number of hydrogen-bond donors (Lipinski definition) is 1. The van der Waals surface area contributed by atoms with E-state index >= 15 is 0 Å². The first-order chi connectivity index (χ1) is 22.8. The number of unbranched alkanes of at least 4 members (excludes halogenated alkanes) is 1. The summed E-state index contributed by atoms with van der Waals surface area (Å²) in [6.07, 6.45) is 2.28. The lowest BCUT2D eigenvalue weighted by atomic mass is 9.70. The highest BCUT2D eigenvalue weighted by Gasteiger charge is 2.43. The molecule has 6 rings (SSSR count). The van der Waals surface area contributed by atoms with Crippen molar-refractivity contribution in [1.82, 2.24) is 9.88 Å². The van der Waals surface area contributed by atoms with Gasteiger partial charge >= 0.3 is 0 Å². The summed E-state index contributed by atoms with van der Waals surface area (Å²) in [5, 5.41) is 16.3. The van der Waals surface area contributed by atoms with Crippen molar-refractivity contribution in [3.05, 3.63) is 154 Å². The van der Waals surface area contributed by atoms with Gasteiger partial charge in [-0.1, -0.05) is 101 Å². The maximum atomic E-state index is 13.6. The van der Waals surface area contributed by atoms with E-state index in [4.69, 9.17) is 9.72 Å². The van der Waals surface area contributed by atoms with Crippen molar-refractivity contribution in [2.45, 2.75) is 30.8 Å². The summed E-state index contributed by atoms with van der Waals surface area (Å²) in [4.78, 5) is 20.7. The van der Waals surface area contributed by atoms with Gasteiger partial charge in [-0.2, -0.15) is 0 Å². The van der Waals surface area contributed by atoms with Gasteiger partial charge in [-0.05, 0) is 98.2 Å². The van der Waals surface area contributed by atoms with Crippen molar-refractivity contribution in [3.8, 4) is 5.88 Å². The van der Waals surface area contributed by atoms with Gasteiger partial charge in [-0.25, -0.2) is 4.98 Å². The summed E-state index contributed by atoms with van der Waals surface area (Å²) in [5.74, 6) is -0.146. The zero-order chi connectivity index (χ0) is 33.0. The molecule has 0 saturated heterocycles. The van der Waals surface area contributed by atoms with Crippen LogP contribution in [0, 0.1) is 0 Å². The molecule has 0 aliphatic heterocycles. The predicted molar refractivity (Wildman–Crippen MR) is 194 cm³/mol. The summed E-state index contributed by atoms with van der Waals surface area (Å²) >= 11 is 3.49. The van der Waals surface area contributed by atoms with Crippen LogP contribution in [0.5, 0.6) is 5.88 Å². The van der Waals surface area contributed by atoms with E-state index in [9.17, 15) is 9.90 Å². The Morgan fingerprint density at radius 2 is 1.55 bits per heavy atom. The van der Waals surface area contributed by atoms with Gasteiger partial charge in [-0.15, -0.1) is 0 Å². The number of methoxy groups -OCH3 is 1. The smallest absolute Gasteiger partial charge is 0.217 e. The highest BCUT2D eigenvalue weighted by Crippen LogP contribution is 2.49. The Kier molecular flexibility index (Phi) is 9.83. The van der Waals surface area contributed by atoms with Crippen LogP contribution >= 0.6 is 15.9 Å². The van der Waals surface area contributed by atoms with Gasteiger partial charge in [0.25, 0.3) is 0 Å². The zero-order valence-electron chi connectivity index (χ0n) is 27.0. The molecule has 0 spiro atoms. The molecule has 0 aliphatic rings. The Morgan fingerprint density at radius 1 is 0.830 bits per heavy atom. The van der Waals surface area contributed by atoms with Crippen molar-refractivity contribution in [1.29, 1.82) is 0 Å². The number of rotatable bonds is 12. The molecule has 1 aromatic heterocycles. The van der Waals surface area contributed by atoms with Crippen molar-refractivity contribution in [2.75, 3.05) is 27.7 Å². The van der Waals surface area contributed by atoms with Crippen molar-refractivity contribution < 1.29 is 14.6 Å². The average molecular weight is 688 g/mol. The normalized spacial score (nSPS) is 13.5. The average Bonchev–Trinajstić information content (AvgIpc) is 3.09. The summed E-state index contributed by atoms with van der Waals surface area (Å²) in [5.41, 5.74) is 3.15. The van der Waals surface area contributed by atoms with Gasteiger partial charge < -0.3 is 14.7 Å². The van der Waals surface area contributed by atoms with Crippen LogP contribution in [0.1, 0.15) is 57.8 Å². The molecule has 1 N–H and O–H groups in total. The number of halogens is 1. The molecule has 0 fully saturated rings. The maximum Gasteiger partial charge on any atom is 0.217 e. The number of fused-ring (bicyclic) bond motifs is 2. The van der Waals surface area contributed by atoms with Gasteiger partial charge in [0.2, 0.25) is 5.88 Å². The van der Waals surface area contributed by atoms with Gasteiger partial charge in [0.1, 0.15) is 5.60 Å². The van der Waals surface area contributed by atoms with Crippen molar-refractivity contribution >= 4 is 43.4 Å². The van der Waals surface area contributed by atoms with E-state index in [1.165, 1.54) is 0 Å². The topological polar surface area (TPSA) is 62.7 Å². The molecular formula is C41H39BrN2O3. The molecule has 6 heteroatoms. The Balaban J connectivity index is 1.56. The number of carbonyl (C=O) groups excluding carboxylic acids is 1. The fourth-order valence-electron chi connectivity index (χ4n) is 6.70. The lowest BCUT2D eigenvalue weighted by Crippen LogP contribution is -2.35. The molecule has 238 valence electrons. The number of nitrogens with zero attached hydrogens (tertiary/aromatic N) is 2. The van der Waals surface area contributed by atoms with Crippen LogP contribution in [-0.4, -0.2) is 48.5 Å². The molecular weight excluding hydrogens is 648 g/mol. The SMILES string of the molecule is COc1nc2ccc(C(=O)c3cccc(Br)c3)cc2cc1C(c1ccccc1)C(O)(CCCCN(C)C)c1cccc2ccccc12. The second-order valence-corrected chi connectivity index (χ2v) is 13.3. The highest BCUT2D eigenvalue weighted by molar-refractivity contribution is 9.10. The maximum absolute atomic E-state index is 13.6. The van der Waals surface area contributed by atoms with Crippen LogP contribution in [0.15, 0.2) is 126 Å². The Morgan fingerprint density at radius 3 is 2.32 bits per heavy atom. The number of carbonyl (C=O) groups is 1. The van der Waals surface area contributed by atoms with Crippen LogP contribution in [-0.2, 0) is 5.60 Å². The minimum absolute atomic E-state index is 0.0710. The Hall–Kier alpha value is -4.36. The third kappa shape index (κ3) is 6.86. The predicted octanol–water partition coefficient (Wildman–Crippen LogP) is 9.14. The summed E-state index contributed by atoms with van der Waals surface area (Å²) in [6, 6.07) is 39.6. The van der Waals surface area contributed by atoms with Crippen LogP contribution in [0.2, 0.25) is 0 Å². The fraction of sp³-hybridized carbons (Fsp3) is 0.220. The third-order valence-electron chi connectivity index (χ3n) is 8.94. The number of aliphatic hydroxyl groups is 1. The highest BCUT2D eigenvalue weighted by atomic mass is 79.9. The minimum atomic E-state index is -1.32. The molecule has 5 nitrogen and oxygen atoms in total. The van der Waals surface area contributed by atoms with E-state index in [-0.39, 0.29) is 5.78 Å². The van der Waals surface area contributed by atoms with Crippen LogP contribution in [0.4, 0.5) is 0 Å². The minimum Gasteiger partial charge on any atom is -0.481 e. The lowest BCUT2D eigenvalue weighted by Gasteiger charge is -2.39. The number of hydrogen-bond acceptors (Lipinski definition) is 5. The molecule has 0 amide bonds. The van der Waals surface area contributed by atoms with E-state index < -0.39 is 11.5 Å². The molecule has 2 atom stereocenters. The number of ketones is 1. The molecule has 0 aliphatic carbocycles. The summed E-state index contributed by atoms with van der Waals surface area (Å²) in [7, 11) is 5.77. The van der Waals surface area contributed by atoms with Crippen LogP contribution < -0.4 is 4.74 Å².